The molecule has 0 aliphatic carbocycles. The van der Waals surface area contributed by atoms with Crippen molar-refractivity contribution in [2.75, 3.05) is 25.0 Å². The zero-order valence-electron chi connectivity index (χ0n) is 11.3. The maximum atomic E-state index is 13.0. The van der Waals surface area contributed by atoms with Crippen molar-refractivity contribution in [1.29, 1.82) is 0 Å². The molecule has 0 saturated carbocycles. The van der Waals surface area contributed by atoms with Gasteiger partial charge in [0.05, 0.1) is 12.0 Å². The van der Waals surface area contributed by atoms with Gasteiger partial charge in [-0.1, -0.05) is 6.07 Å². The summed E-state index contributed by atoms with van der Waals surface area (Å²) in [7, 11) is 0. The van der Waals surface area contributed by atoms with Gasteiger partial charge in [-0.25, -0.2) is 4.39 Å². The number of amides is 1. The van der Waals surface area contributed by atoms with Crippen molar-refractivity contribution in [3.05, 3.63) is 30.1 Å². The van der Waals surface area contributed by atoms with Crippen LogP contribution in [0.3, 0.4) is 0 Å². The van der Waals surface area contributed by atoms with Gasteiger partial charge in [0.25, 0.3) is 0 Å². The molecule has 1 fully saturated rings. The number of halogens is 1. The Kier molecular flexibility index (Phi) is 5.24. The molecule has 1 amide bonds. The zero-order chi connectivity index (χ0) is 15.2. The molecule has 1 aromatic carbocycles. The Bertz CT molecular complexity index is 523. The van der Waals surface area contributed by atoms with E-state index < -0.39 is 23.6 Å². The molecular weight excluding hydrogens is 279 g/mol. The second-order valence-electron chi connectivity index (χ2n) is 4.92. The SMILES string of the molecule is O=C(COC1CNCC(C(=O)O)C1)Nc1cccc(F)c1. The fourth-order valence-corrected chi connectivity index (χ4v) is 2.17. The molecule has 0 aromatic heterocycles. The number of carbonyl (C=O) groups is 2. The Morgan fingerprint density at radius 2 is 2.24 bits per heavy atom. The van der Waals surface area contributed by atoms with Crippen LogP contribution < -0.4 is 10.6 Å². The lowest BCUT2D eigenvalue weighted by atomic mass is 9.98. The Morgan fingerprint density at radius 1 is 1.43 bits per heavy atom. The fraction of sp³-hybridized carbons (Fsp3) is 0.429. The Hall–Kier alpha value is -1.99. The third kappa shape index (κ3) is 4.80. The van der Waals surface area contributed by atoms with E-state index in [0.29, 0.717) is 25.2 Å². The number of carboxylic acid groups (broad SMARTS) is 1. The number of ether oxygens (including phenoxy) is 1. The van der Waals surface area contributed by atoms with Crippen molar-refractivity contribution in [3.63, 3.8) is 0 Å². The predicted molar refractivity (Wildman–Crippen MR) is 73.4 cm³/mol. The van der Waals surface area contributed by atoms with Crippen LogP contribution in [-0.4, -0.2) is 42.8 Å². The van der Waals surface area contributed by atoms with E-state index in [4.69, 9.17) is 9.84 Å². The smallest absolute Gasteiger partial charge is 0.307 e. The van der Waals surface area contributed by atoms with E-state index in [-0.39, 0.29) is 12.7 Å². The zero-order valence-corrected chi connectivity index (χ0v) is 11.3. The third-order valence-corrected chi connectivity index (χ3v) is 3.22. The number of hydrogen-bond acceptors (Lipinski definition) is 4. The Morgan fingerprint density at radius 3 is 2.95 bits per heavy atom. The van der Waals surface area contributed by atoms with Gasteiger partial charge in [-0.05, 0) is 24.6 Å². The molecule has 1 heterocycles. The van der Waals surface area contributed by atoms with Crippen molar-refractivity contribution in [1.82, 2.24) is 5.32 Å². The number of carbonyl (C=O) groups excluding carboxylic acids is 1. The minimum absolute atomic E-state index is 0.199. The van der Waals surface area contributed by atoms with Crippen LogP contribution in [0.1, 0.15) is 6.42 Å². The maximum Gasteiger partial charge on any atom is 0.307 e. The normalized spacial score (nSPS) is 21.8. The molecule has 114 valence electrons. The van der Waals surface area contributed by atoms with E-state index in [1.807, 2.05) is 0 Å². The standard InChI is InChI=1S/C14H17FN2O4/c15-10-2-1-3-11(5-10)17-13(18)8-21-12-4-9(14(19)20)6-16-7-12/h1-3,5,9,12,16H,4,6-8H2,(H,17,18)(H,19,20). The minimum atomic E-state index is -0.875. The molecule has 1 aromatic rings. The molecule has 2 atom stereocenters. The van der Waals surface area contributed by atoms with Crippen LogP contribution in [-0.2, 0) is 14.3 Å². The lowest BCUT2D eigenvalue weighted by Crippen LogP contribution is -2.44. The van der Waals surface area contributed by atoms with Gasteiger partial charge in [0, 0.05) is 18.8 Å². The van der Waals surface area contributed by atoms with Crippen molar-refractivity contribution < 1.29 is 23.8 Å². The summed E-state index contributed by atoms with van der Waals surface area (Å²) in [6, 6.07) is 5.56. The first-order valence-corrected chi connectivity index (χ1v) is 6.65. The molecule has 7 heteroatoms. The summed E-state index contributed by atoms with van der Waals surface area (Å²) < 4.78 is 18.4. The summed E-state index contributed by atoms with van der Waals surface area (Å²) >= 11 is 0. The van der Waals surface area contributed by atoms with Crippen LogP contribution in [0.2, 0.25) is 0 Å². The average molecular weight is 296 g/mol. The molecule has 0 spiro atoms. The van der Waals surface area contributed by atoms with Crippen LogP contribution in [0.4, 0.5) is 10.1 Å². The molecule has 2 rings (SSSR count). The molecule has 2 unspecified atom stereocenters. The van der Waals surface area contributed by atoms with Crippen molar-refractivity contribution in [2.45, 2.75) is 12.5 Å². The molecule has 0 bridgehead atoms. The molecule has 21 heavy (non-hydrogen) atoms. The fourth-order valence-electron chi connectivity index (χ4n) is 2.17. The number of carboxylic acids is 1. The lowest BCUT2D eigenvalue weighted by Gasteiger charge is -2.27. The van der Waals surface area contributed by atoms with Crippen molar-refractivity contribution in [2.24, 2.45) is 5.92 Å². The summed E-state index contributed by atoms with van der Waals surface area (Å²) in [4.78, 5) is 22.6. The highest BCUT2D eigenvalue weighted by Gasteiger charge is 2.27. The van der Waals surface area contributed by atoms with E-state index in [1.165, 1.54) is 18.2 Å². The highest BCUT2D eigenvalue weighted by Crippen LogP contribution is 2.14. The van der Waals surface area contributed by atoms with E-state index in [1.54, 1.807) is 6.07 Å². The van der Waals surface area contributed by atoms with Crippen LogP contribution in [0.5, 0.6) is 0 Å². The Labute approximate surface area is 121 Å². The molecular formula is C14H17FN2O4. The monoisotopic (exact) mass is 296 g/mol. The van der Waals surface area contributed by atoms with E-state index in [9.17, 15) is 14.0 Å². The quantitative estimate of drug-likeness (QED) is 0.749. The second kappa shape index (κ2) is 7.14. The van der Waals surface area contributed by atoms with Gasteiger partial charge in [0.2, 0.25) is 5.91 Å². The first-order chi connectivity index (χ1) is 10.0. The van der Waals surface area contributed by atoms with Crippen LogP contribution in [0.15, 0.2) is 24.3 Å². The lowest BCUT2D eigenvalue weighted by molar-refractivity contribution is -0.144. The van der Waals surface area contributed by atoms with Crippen molar-refractivity contribution >= 4 is 17.6 Å². The number of aliphatic carboxylic acids is 1. The van der Waals surface area contributed by atoms with Crippen LogP contribution >= 0.6 is 0 Å². The summed E-state index contributed by atoms with van der Waals surface area (Å²) in [6.07, 6.45) is 0.0494. The average Bonchev–Trinajstić information content (AvgIpc) is 2.45. The van der Waals surface area contributed by atoms with Gasteiger partial charge in [-0.3, -0.25) is 9.59 Å². The number of hydrogen-bond donors (Lipinski definition) is 3. The Balaban J connectivity index is 1.77. The second-order valence-corrected chi connectivity index (χ2v) is 4.92. The van der Waals surface area contributed by atoms with Gasteiger partial charge in [-0.2, -0.15) is 0 Å². The predicted octanol–water partition coefficient (Wildman–Crippen LogP) is 0.844. The van der Waals surface area contributed by atoms with Gasteiger partial charge in [0.15, 0.2) is 0 Å². The number of benzene rings is 1. The van der Waals surface area contributed by atoms with Gasteiger partial charge >= 0.3 is 5.97 Å². The molecule has 1 aliphatic rings. The summed E-state index contributed by atoms with van der Waals surface area (Å²) in [6.45, 7) is 0.719. The maximum absolute atomic E-state index is 13.0. The molecule has 0 radical (unpaired) electrons. The first-order valence-electron chi connectivity index (χ1n) is 6.65. The number of nitrogens with one attached hydrogen (secondary N) is 2. The number of piperidine rings is 1. The molecule has 3 N–H and O–H groups in total. The topological polar surface area (TPSA) is 87.7 Å². The summed E-state index contributed by atoms with van der Waals surface area (Å²) in [5.41, 5.74) is 0.355. The summed E-state index contributed by atoms with van der Waals surface area (Å²) in [5, 5.41) is 14.4. The summed E-state index contributed by atoms with van der Waals surface area (Å²) in [5.74, 6) is -2.22. The molecule has 1 saturated heterocycles. The van der Waals surface area contributed by atoms with Gasteiger partial charge in [-0.15, -0.1) is 0 Å². The van der Waals surface area contributed by atoms with E-state index in [0.717, 1.165) is 0 Å². The molecule has 6 nitrogen and oxygen atoms in total. The van der Waals surface area contributed by atoms with Crippen molar-refractivity contribution in [3.8, 4) is 0 Å². The van der Waals surface area contributed by atoms with E-state index >= 15 is 0 Å². The number of anilines is 1. The van der Waals surface area contributed by atoms with Gasteiger partial charge < -0.3 is 20.5 Å². The van der Waals surface area contributed by atoms with Crippen LogP contribution in [0.25, 0.3) is 0 Å². The minimum Gasteiger partial charge on any atom is -0.481 e. The largest absolute Gasteiger partial charge is 0.481 e. The number of rotatable bonds is 5. The highest BCUT2D eigenvalue weighted by atomic mass is 19.1. The van der Waals surface area contributed by atoms with Gasteiger partial charge in [0.1, 0.15) is 12.4 Å². The van der Waals surface area contributed by atoms with Crippen LogP contribution in [0, 0.1) is 11.7 Å². The first kappa shape index (κ1) is 15.4. The highest BCUT2D eigenvalue weighted by molar-refractivity contribution is 5.91. The molecule has 1 aliphatic heterocycles. The third-order valence-electron chi connectivity index (χ3n) is 3.22. The van der Waals surface area contributed by atoms with E-state index in [2.05, 4.69) is 10.6 Å².